The number of nitrogens with zero attached hydrogens (tertiary/aromatic N) is 1. The predicted octanol–water partition coefficient (Wildman–Crippen LogP) is 3.68. The lowest BCUT2D eigenvalue weighted by atomic mass is 10.1. The Kier molecular flexibility index (Phi) is 5.46. The van der Waals surface area contributed by atoms with Crippen molar-refractivity contribution in [1.29, 1.82) is 0 Å². The second-order valence-corrected chi connectivity index (χ2v) is 6.58. The lowest BCUT2D eigenvalue weighted by molar-refractivity contribution is -0.120. The van der Waals surface area contributed by atoms with Gasteiger partial charge in [-0.3, -0.25) is 9.69 Å². The maximum Gasteiger partial charge on any atom is 0.414 e. The summed E-state index contributed by atoms with van der Waals surface area (Å²) >= 11 is 11.8. The van der Waals surface area contributed by atoms with E-state index in [2.05, 4.69) is 5.32 Å². The van der Waals surface area contributed by atoms with E-state index < -0.39 is 12.2 Å². The molecule has 1 fully saturated rings. The number of hydrogen-bond acceptors (Lipinski definition) is 3. The summed E-state index contributed by atoms with van der Waals surface area (Å²) in [6.07, 6.45) is -0.601. The highest BCUT2D eigenvalue weighted by Crippen LogP contribution is 2.24. The van der Waals surface area contributed by atoms with Crippen molar-refractivity contribution in [3.05, 3.63) is 64.1 Å². The minimum atomic E-state index is -0.445. The van der Waals surface area contributed by atoms with Crippen LogP contribution in [0.1, 0.15) is 5.56 Å². The Hall–Kier alpha value is -2.24. The molecular weight excluding hydrogens is 363 g/mol. The first-order chi connectivity index (χ1) is 12.0. The van der Waals surface area contributed by atoms with Crippen LogP contribution in [0.3, 0.4) is 0 Å². The lowest BCUT2D eigenvalue weighted by Gasteiger charge is -2.13. The van der Waals surface area contributed by atoms with Crippen LogP contribution in [-0.4, -0.2) is 31.2 Å². The molecule has 1 aliphatic rings. The average molecular weight is 379 g/mol. The normalized spacial score (nSPS) is 16.6. The van der Waals surface area contributed by atoms with Crippen LogP contribution in [-0.2, 0) is 16.0 Å². The van der Waals surface area contributed by atoms with Gasteiger partial charge in [0.1, 0.15) is 6.10 Å². The van der Waals surface area contributed by atoms with Crippen LogP contribution in [0.4, 0.5) is 10.5 Å². The van der Waals surface area contributed by atoms with Crippen LogP contribution in [0.2, 0.25) is 10.0 Å². The molecule has 0 aromatic heterocycles. The number of nitrogens with one attached hydrogen (secondary N) is 1. The van der Waals surface area contributed by atoms with Crippen molar-refractivity contribution in [3.63, 3.8) is 0 Å². The molecule has 0 aliphatic carbocycles. The molecule has 3 rings (SSSR count). The highest BCUT2D eigenvalue weighted by molar-refractivity contribution is 6.31. The van der Waals surface area contributed by atoms with Crippen LogP contribution in [0.25, 0.3) is 0 Å². The maximum absolute atomic E-state index is 12.0. The standard InChI is InChI=1S/C18H16Cl2N2O3/c19-13-6-4-12(5-7-13)8-17(23)21-10-16-11-22(18(24)25-16)15-3-1-2-14(20)9-15/h1-7,9,16H,8,10-11H2,(H,21,23). The molecule has 2 amide bonds. The van der Waals surface area contributed by atoms with Crippen LogP contribution in [0.15, 0.2) is 48.5 Å². The maximum atomic E-state index is 12.0. The van der Waals surface area contributed by atoms with Gasteiger partial charge in [0.25, 0.3) is 0 Å². The van der Waals surface area contributed by atoms with Gasteiger partial charge < -0.3 is 10.1 Å². The minimum absolute atomic E-state index is 0.139. The Morgan fingerprint density at radius 2 is 1.92 bits per heavy atom. The highest BCUT2D eigenvalue weighted by atomic mass is 35.5. The van der Waals surface area contributed by atoms with Crippen molar-refractivity contribution in [1.82, 2.24) is 5.32 Å². The lowest BCUT2D eigenvalue weighted by Crippen LogP contribution is -2.35. The van der Waals surface area contributed by atoms with Gasteiger partial charge in [0.05, 0.1) is 19.5 Å². The van der Waals surface area contributed by atoms with Gasteiger partial charge in [0, 0.05) is 15.7 Å². The molecule has 2 aromatic carbocycles. The van der Waals surface area contributed by atoms with Crippen LogP contribution >= 0.6 is 23.2 Å². The van der Waals surface area contributed by atoms with E-state index in [4.69, 9.17) is 27.9 Å². The van der Waals surface area contributed by atoms with E-state index in [9.17, 15) is 9.59 Å². The summed E-state index contributed by atoms with van der Waals surface area (Å²) in [5.74, 6) is -0.139. The van der Waals surface area contributed by atoms with E-state index >= 15 is 0 Å². The zero-order valence-electron chi connectivity index (χ0n) is 13.2. The summed E-state index contributed by atoms with van der Waals surface area (Å²) in [4.78, 5) is 25.5. The third kappa shape index (κ3) is 4.65. The first-order valence-corrected chi connectivity index (χ1v) is 8.52. The summed E-state index contributed by atoms with van der Waals surface area (Å²) in [5.41, 5.74) is 1.54. The number of anilines is 1. The van der Waals surface area contributed by atoms with E-state index in [1.807, 2.05) is 0 Å². The van der Waals surface area contributed by atoms with Crippen molar-refractivity contribution in [3.8, 4) is 0 Å². The second kappa shape index (κ2) is 7.76. The number of amides is 2. The first-order valence-electron chi connectivity index (χ1n) is 7.76. The Bertz CT molecular complexity index is 780. The van der Waals surface area contributed by atoms with Crippen molar-refractivity contribution in [2.24, 2.45) is 0 Å². The van der Waals surface area contributed by atoms with Gasteiger partial charge in [0.2, 0.25) is 5.91 Å². The molecule has 1 saturated heterocycles. The average Bonchev–Trinajstić information content (AvgIpc) is 2.96. The van der Waals surface area contributed by atoms with Gasteiger partial charge >= 0.3 is 6.09 Å². The summed E-state index contributed by atoms with van der Waals surface area (Å²) in [6, 6.07) is 14.1. The Morgan fingerprint density at radius 3 is 2.64 bits per heavy atom. The van der Waals surface area contributed by atoms with Crippen molar-refractivity contribution >= 4 is 40.9 Å². The zero-order valence-corrected chi connectivity index (χ0v) is 14.8. The molecule has 0 saturated carbocycles. The van der Waals surface area contributed by atoms with Gasteiger partial charge in [-0.25, -0.2) is 4.79 Å². The topological polar surface area (TPSA) is 58.6 Å². The van der Waals surface area contributed by atoms with Gasteiger partial charge in [-0.2, -0.15) is 0 Å². The zero-order chi connectivity index (χ0) is 17.8. The molecule has 25 heavy (non-hydrogen) atoms. The van der Waals surface area contributed by atoms with Gasteiger partial charge in [-0.1, -0.05) is 41.4 Å². The van der Waals surface area contributed by atoms with Crippen molar-refractivity contribution < 1.29 is 14.3 Å². The number of halogens is 2. The van der Waals surface area contributed by atoms with Crippen LogP contribution < -0.4 is 10.2 Å². The summed E-state index contributed by atoms with van der Waals surface area (Å²) in [7, 11) is 0. The quantitative estimate of drug-likeness (QED) is 0.862. The SMILES string of the molecule is O=C(Cc1ccc(Cl)cc1)NCC1CN(c2cccc(Cl)c2)C(=O)O1. The third-order valence-corrected chi connectivity index (χ3v) is 4.29. The number of carbonyl (C=O) groups excluding carboxylic acids is 2. The molecule has 1 aliphatic heterocycles. The molecular formula is C18H16Cl2N2O3. The van der Waals surface area contributed by atoms with E-state index in [-0.39, 0.29) is 18.9 Å². The van der Waals surface area contributed by atoms with Gasteiger partial charge in [0.15, 0.2) is 0 Å². The summed E-state index contributed by atoms with van der Waals surface area (Å²) in [5, 5.41) is 3.96. The molecule has 0 bridgehead atoms. The van der Waals surface area contributed by atoms with Crippen molar-refractivity contribution in [2.45, 2.75) is 12.5 Å². The van der Waals surface area contributed by atoms with E-state index in [0.717, 1.165) is 5.56 Å². The predicted molar refractivity (Wildman–Crippen MR) is 97.2 cm³/mol. The molecule has 7 heteroatoms. The van der Waals surface area contributed by atoms with Crippen molar-refractivity contribution in [2.75, 3.05) is 18.0 Å². The molecule has 0 radical (unpaired) electrons. The van der Waals surface area contributed by atoms with E-state index in [1.54, 1.807) is 48.5 Å². The second-order valence-electron chi connectivity index (χ2n) is 5.70. The van der Waals surface area contributed by atoms with E-state index in [0.29, 0.717) is 22.3 Å². The Morgan fingerprint density at radius 1 is 1.16 bits per heavy atom. The molecule has 2 aromatic rings. The monoisotopic (exact) mass is 378 g/mol. The molecule has 0 spiro atoms. The van der Waals surface area contributed by atoms with Crippen LogP contribution in [0.5, 0.6) is 0 Å². The number of carbonyl (C=O) groups is 2. The number of hydrogen-bond donors (Lipinski definition) is 1. The summed E-state index contributed by atoms with van der Waals surface area (Å²) < 4.78 is 5.30. The number of rotatable bonds is 5. The van der Waals surface area contributed by atoms with E-state index in [1.165, 1.54) is 4.90 Å². The molecule has 1 heterocycles. The fraction of sp³-hybridized carbons (Fsp3) is 0.222. The number of benzene rings is 2. The molecule has 1 unspecified atom stereocenters. The molecule has 1 N–H and O–H groups in total. The fourth-order valence-corrected chi connectivity index (χ4v) is 2.87. The molecule has 5 nitrogen and oxygen atoms in total. The smallest absolute Gasteiger partial charge is 0.414 e. The minimum Gasteiger partial charge on any atom is -0.442 e. The van der Waals surface area contributed by atoms with Gasteiger partial charge in [-0.05, 0) is 35.9 Å². The number of cyclic esters (lactones) is 1. The Labute approximate surface area is 155 Å². The largest absolute Gasteiger partial charge is 0.442 e. The highest BCUT2D eigenvalue weighted by Gasteiger charge is 2.32. The fourth-order valence-electron chi connectivity index (χ4n) is 2.56. The Balaban J connectivity index is 1.51. The molecule has 1 atom stereocenters. The molecule has 130 valence electrons. The van der Waals surface area contributed by atoms with Crippen LogP contribution in [0, 0.1) is 0 Å². The first kappa shape index (κ1) is 17.6. The number of ether oxygens (including phenoxy) is 1. The summed E-state index contributed by atoms with van der Waals surface area (Å²) in [6.45, 7) is 0.621. The third-order valence-electron chi connectivity index (χ3n) is 3.80. The van der Waals surface area contributed by atoms with Gasteiger partial charge in [-0.15, -0.1) is 0 Å².